The van der Waals surface area contributed by atoms with E-state index in [0.717, 1.165) is 12.8 Å². The first-order chi connectivity index (χ1) is 12.1. The van der Waals surface area contributed by atoms with Crippen LogP contribution < -0.4 is 5.32 Å². The predicted molar refractivity (Wildman–Crippen MR) is 93.9 cm³/mol. The van der Waals surface area contributed by atoms with Gasteiger partial charge in [-0.15, -0.1) is 0 Å². The minimum Gasteiger partial charge on any atom is -0.357 e. The maximum atomic E-state index is 12.8. The third-order valence-corrected chi connectivity index (χ3v) is 5.24. The van der Waals surface area contributed by atoms with Gasteiger partial charge in [-0.2, -0.15) is 0 Å². The molecule has 1 atom stereocenters. The molecule has 3 rings (SSSR count). The van der Waals surface area contributed by atoms with Crippen LogP contribution in [-0.4, -0.2) is 60.2 Å². The normalized spacial score (nSPS) is 21.2. The van der Waals surface area contributed by atoms with Crippen molar-refractivity contribution >= 4 is 17.7 Å². The number of likely N-dealkylation sites (N-methyl/N-ethyl adjacent to an activating group) is 1. The maximum absolute atomic E-state index is 12.8. The van der Waals surface area contributed by atoms with E-state index in [4.69, 9.17) is 0 Å². The molecule has 25 heavy (non-hydrogen) atoms. The quantitative estimate of drug-likeness (QED) is 0.899. The van der Waals surface area contributed by atoms with Crippen LogP contribution in [0.1, 0.15) is 36.0 Å². The topological polar surface area (TPSA) is 69.7 Å². The Hall–Kier alpha value is -2.37. The molecule has 0 aliphatic carbocycles. The molecule has 2 fully saturated rings. The van der Waals surface area contributed by atoms with Crippen molar-refractivity contribution < 1.29 is 14.4 Å². The lowest BCUT2D eigenvalue weighted by atomic mass is 9.94. The smallest absolute Gasteiger partial charge is 0.253 e. The van der Waals surface area contributed by atoms with Crippen LogP contribution in [-0.2, 0) is 9.59 Å². The highest BCUT2D eigenvalue weighted by Gasteiger charge is 2.38. The number of piperidine rings is 1. The van der Waals surface area contributed by atoms with Gasteiger partial charge < -0.3 is 15.1 Å². The van der Waals surface area contributed by atoms with E-state index < -0.39 is 0 Å². The molecule has 0 bridgehead atoms. The number of hydrogen-bond acceptors (Lipinski definition) is 3. The van der Waals surface area contributed by atoms with Gasteiger partial charge in [0.1, 0.15) is 6.04 Å². The van der Waals surface area contributed by atoms with Crippen molar-refractivity contribution in [1.82, 2.24) is 15.1 Å². The number of nitrogens with zero attached hydrogens (tertiary/aromatic N) is 2. The fraction of sp³-hybridized carbons (Fsp3) is 0.526. The summed E-state index contributed by atoms with van der Waals surface area (Å²) in [6.45, 7) is 1.82. The summed E-state index contributed by atoms with van der Waals surface area (Å²) in [6.07, 6.45) is 2.93. The number of rotatable bonds is 3. The second-order valence-electron chi connectivity index (χ2n) is 6.74. The van der Waals surface area contributed by atoms with Crippen LogP contribution in [0.25, 0.3) is 0 Å². The van der Waals surface area contributed by atoms with E-state index in [2.05, 4.69) is 5.32 Å². The molecule has 6 nitrogen and oxygen atoms in total. The summed E-state index contributed by atoms with van der Waals surface area (Å²) < 4.78 is 0. The third kappa shape index (κ3) is 3.67. The predicted octanol–water partition coefficient (Wildman–Crippen LogP) is 1.28. The minimum absolute atomic E-state index is 0.0240. The largest absolute Gasteiger partial charge is 0.357 e. The average Bonchev–Trinajstić information content (AvgIpc) is 3.17. The summed E-state index contributed by atoms with van der Waals surface area (Å²) in [5, 5.41) is 2.65. The fourth-order valence-electron chi connectivity index (χ4n) is 3.80. The first kappa shape index (κ1) is 17.5. The van der Waals surface area contributed by atoms with E-state index >= 15 is 0 Å². The van der Waals surface area contributed by atoms with E-state index in [1.54, 1.807) is 11.9 Å². The molecule has 3 amide bonds. The van der Waals surface area contributed by atoms with Crippen LogP contribution in [0.4, 0.5) is 0 Å². The van der Waals surface area contributed by atoms with Crippen LogP contribution in [0, 0.1) is 5.92 Å². The van der Waals surface area contributed by atoms with Crippen LogP contribution in [0.3, 0.4) is 0 Å². The van der Waals surface area contributed by atoms with Crippen molar-refractivity contribution in [1.29, 1.82) is 0 Å². The van der Waals surface area contributed by atoms with E-state index in [0.29, 0.717) is 38.0 Å². The Bertz CT molecular complexity index is 639. The zero-order valence-corrected chi connectivity index (χ0v) is 14.6. The van der Waals surface area contributed by atoms with Crippen molar-refractivity contribution in [2.24, 2.45) is 5.92 Å². The summed E-state index contributed by atoms with van der Waals surface area (Å²) >= 11 is 0. The Labute approximate surface area is 148 Å². The van der Waals surface area contributed by atoms with E-state index in [1.807, 2.05) is 35.2 Å². The SMILES string of the molecule is CNC(=O)C1CCCN1C(=O)C1CCN(C(=O)c2ccccc2)CC1. The van der Waals surface area contributed by atoms with Gasteiger partial charge in [0.25, 0.3) is 5.91 Å². The lowest BCUT2D eigenvalue weighted by Crippen LogP contribution is -2.49. The van der Waals surface area contributed by atoms with Gasteiger partial charge in [0, 0.05) is 38.2 Å². The minimum atomic E-state index is -0.332. The lowest BCUT2D eigenvalue weighted by molar-refractivity contribution is -0.142. The molecule has 0 aromatic heterocycles. The van der Waals surface area contributed by atoms with Crippen molar-refractivity contribution in [3.05, 3.63) is 35.9 Å². The van der Waals surface area contributed by atoms with Gasteiger partial charge in [0.2, 0.25) is 11.8 Å². The Kier molecular flexibility index (Phi) is 5.36. The highest BCUT2D eigenvalue weighted by atomic mass is 16.2. The van der Waals surface area contributed by atoms with Crippen LogP contribution >= 0.6 is 0 Å². The Balaban J connectivity index is 1.58. The number of benzene rings is 1. The molecule has 0 radical (unpaired) electrons. The number of amides is 3. The van der Waals surface area contributed by atoms with Gasteiger partial charge in [-0.1, -0.05) is 18.2 Å². The lowest BCUT2D eigenvalue weighted by Gasteiger charge is -2.34. The molecule has 2 heterocycles. The van der Waals surface area contributed by atoms with Crippen molar-refractivity contribution in [2.45, 2.75) is 31.7 Å². The number of likely N-dealkylation sites (tertiary alicyclic amines) is 2. The van der Waals surface area contributed by atoms with Crippen molar-refractivity contribution in [2.75, 3.05) is 26.7 Å². The third-order valence-electron chi connectivity index (χ3n) is 5.24. The van der Waals surface area contributed by atoms with E-state index in [-0.39, 0.29) is 29.7 Å². The summed E-state index contributed by atoms with van der Waals surface area (Å²) in [4.78, 5) is 40.8. The molecule has 1 unspecified atom stereocenters. The van der Waals surface area contributed by atoms with Gasteiger partial charge in [-0.05, 0) is 37.8 Å². The summed E-state index contributed by atoms with van der Waals surface area (Å²) in [5.74, 6) is -0.0820. The first-order valence-electron chi connectivity index (χ1n) is 8.98. The monoisotopic (exact) mass is 343 g/mol. The Morgan fingerprint density at radius 3 is 2.32 bits per heavy atom. The van der Waals surface area contributed by atoms with Gasteiger partial charge >= 0.3 is 0 Å². The van der Waals surface area contributed by atoms with Crippen molar-refractivity contribution in [3.63, 3.8) is 0 Å². The molecular weight excluding hydrogens is 318 g/mol. The van der Waals surface area contributed by atoms with Crippen LogP contribution in [0.5, 0.6) is 0 Å². The maximum Gasteiger partial charge on any atom is 0.253 e. The molecule has 2 aliphatic rings. The van der Waals surface area contributed by atoms with Crippen LogP contribution in [0.2, 0.25) is 0 Å². The standard InChI is InChI=1S/C19H25N3O3/c1-20-17(23)16-8-5-11-22(16)19(25)15-9-12-21(13-10-15)18(24)14-6-3-2-4-7-14/h2-4,6-7,15-16H,5,8-13H2,1H3,(H,20,23). The summed E-state index contributed by atoms with van der Waals surface area (Å²) in [7, 11) is 1.61. The molecule has 2 saturated heterocycles. The first-order valence-corrected chi connectivity index (χ1v) is 8.98. The number of carbonyl (C=O) groups is 3. The zero-order chi connectivity index (χ0) is 17.8. The van der Waals surface area contributed by atoms with Gasteiger partial charge in [0.15, 0.2) is 0 Å². The highest BCUT2D eigenvalue weighted by Crippen LogP contribution is 2.26. The van der Waals surface area contributed by atoms with Crippen LogP contribution in [0.15, 0.2) is 30.3 Å². The number of hydrogen-bond donors (Lipinski definition) is 1. The molecule has 1 aromatic carbocycles. The molecule has 0 spiro atoms. The average molecular weight is 343 g/mol. The molecule has 134 valence electrons. The fourth-order valence-corrected chi connectivity index (χ4v) is 3.80. The molecule has 2 aliphatic heterocycles. The number of nitrogens with one attached hydrogen (secondary N) is 1. The Morgan fingerprint density at radius 2 is 1.68 bits per heavy atom. The summed E-state index contributed by atoms with van der Waals surface area (Å²) in [6, 6.07) is 8.91. The zero-order valence-electron chi connectivity index (χ0n) is 14.6. The van der Waals surface area contributed by atoms with Gasteiger partial charge in [0.05, 0.1) is 0 Å². The highest BCUT2D eigenvalue weighted by molar-refractivity contribution is 5.94. The molecular formula is C19H25N3O3. The molecule has 0 saturated carbocycles. The second kappa shape index (κ2) is 7.68. The van der Waals surface area contributed by atoms with E-state index in [9.17, 15) is 14.4 Å². The van der Waals surface area contributed by atoms with Gasteiger partial charge in [-0.25, -0.2) is 0 Å². The summed E-state index contributed by atoms with van der Waals surface area (Å²) in [5.41, 5.74) is 0.687. The Morgan fingerprint density at radius 1 is 1.00 bits per heavy atom. The molecule has 1 aromatic rings. The van der Waals surface area contributed by atoms with Crippen molar-refractivity contribution in [3.8, 4) is 0 Å². The number of carbonyl (C=O) groups excluding carboxylic acids is 3. The molecule has 6 heteroatoms. The van der Waals surface area contributed by atoms with Gasteiger partial charge in [-0.3, -0.25) is 14.4 Å². The molecule has 1 N–H and O–H groups in total. The second-order valence-corrected chi connectivity index (χ2v) is 6.74. The van der Waals surface area contributed by atoms with E-state index in [1.165, 1.54) is 0 Å².